The predicted octanol–water partition coefficient (Wildman–Crippen LogP) is -0.152. The minimum atomic E-state index is 0.388. The second kappa shape index (κ2) is 5.88. The molecule has 0 radical (unpaired) electrons. The van der Waals surface area contributed by atoms with Crippen LogP contribution in [0.3, 0.4) is 0 Å². The summed E-state index contributed by atoms with van der Waals surface area (Å²) < 4.78 is 5.33. The molecule has 2 heterocycles. The summed E-state index contributed by atoms with van der Waals surface area (Å²) in [7, 11) is 0. The van der Waals surface area contributed by atoms with Gasteiger partial charge in [0, 0.05) is 13.1 Å². The van der Waals surface area contributed by atoms with E-state index in [-0.39, 0.29) is 0 Å². The zero-order valence-electron chi connectivity index (χ0n) is 10.6. The number of rotatable bonds is 2. The average molecular weight is 280 g/mol. The van der Waals surface area contributed by atoms with Gasteiger partial charge in [0.2, 0.25) is 0 Å². The van der Waals surface area contributed by atoms with Crippen molar-refractivity contribution in [3.63, 3.8) is 0 Å². The van der Waals surface area contributed by atoms with Gasteiger partial charge in [-0.15, -0.1) is 11.3 Å². The van der Waals surface area contributed by atoms with Crippen LogP contribution in [-0.2, 0) is 4.74 Å². The van der Waals surface area contributed by atoms with Crippen molar-refractivity contribution in [2.75, 3.05) is 31.2 Å². The van der Waals surface area contributed by atoms with Crippen molar-refractivity contribution >= 4 is 22.2 Å². The highest BCUT2D eigenvalue weighted by molar-refractivity contribution is 7.18. The molecule has 0 spiro atoms. The number of anilines is 1. The molecule has 1 saturated heterocycles. The Hall–Kier alpha value is -1.82. The van der Waals surface area contributed by atoms with Gasteiger partial charge in [-0.2, -0.15) is 10.4 Å². The summed E-state index contributed by atoms with van der Waals surface area (Å²) in [5.74, 6) is 11.1. The molecule has 5 N–H and O–H groups in total. The maximum absolute atomic E-state index is 9.35. The number of nitrogens with one attached hydrogen (secondary N) is 1. The smallest absolute Gasteiger partial charge is 0.177 e. The summed E-state index contributed by atoms with van der Waals surface area (Å²) in [4.78, 5) is 2.94. The van der Waals surface area contributed by atoms with E-state index in [1.54, 1.807) is 0 Å². The van der Waals surface area contributed by atoms with E-state index < -0.39 is 0 Å². The molecule has 19 heavy (non-hydrogen) atoms. The molecular weight excluding hydrogens is 264 g/mol. The summed E-state index contributed by atoms with van der Waals surface area (Å²) in [6, 6.07) is 2.25. The van der Waals surface area contributed by atoms with E-state index in [0.717, 1.165) is 28.5 Å². The van der Waals surface area contributed by atoms with Crippen molar-refractivity contribution in [3.8, 4) is 6.07 Å². The fourth-order valence-electron chi connectivity index (χ4n) is 2.01. The molecule has 1 aromatic rings. The summed E-state index contributed by atoms with van der Waals surface area (Å²) in [6.45, 7) is 4.77. The number of nitriles is 1. The Kier molecular flexibility index (Phi) is 4.21. The number of hydrazine groups is 1. The van der Waals surface area contributed by atoms with Crippen molar-refractivity contribution in [1.29, 1.82) is 5.26 Å². The Balaban J connectivity index is 2.44. The lowest BCUT2D eigenvalue weighted by Gasteiger charge is -2.27. The molecular formula is C11H16N6OS. The molecule has 0 unspecified atom stereocenters. The Morgan fingerprint density at radius 1 is 1.53 bits per heavy atom. The number of ether oxygens (including phenoxy) is 1. The van der Waals surface area contributed by atoms with Crippen LogP contribution in [-0.4, -0.2) is 32.1 Å². The number of morpholine rings is 1. The quantitative estimate of drug-likeness (QED) is 0.300. The first-order valence-corrected chi connectivity index (χ1v) is 6.65. The van der Waals surface area contributed by atoms with E-state index in [9.17, 15) is 5.26 Å². The molecule has 0 bridgehead atoms. The molecule has 1 fully saturated rings. The molecule has 2 rings (SSSR count). The number of amidine groups is 1. The third-order valence-corrected chi connectivity index (χ3v) is 4.38. The lowest BCUT2D eigenvalue weighted by Crippen LogP contribution is -2.36. The molecule has 0 amide bonds. The first-order valence-electron chi connectivity index (χ1n) is 5.84. The lowest BCUT2D eigenvalue weighted by atomic mass is 10.1. The van der Waals surface area contributed by atoms with Crippen LogP contribution in [0.2, 0.25) is 0 Å². The van der Waals surface area contributed by atoms with Crippen molar-refractivity contribution in [2.45, 2.75) is 6.92 Å². The Labute approximate surface area is 115 Å². The maximum atomic E-state index is 9.35. The van der Waals surface area contributed by atoms with Gasteiger partial charge in [-0.25, -0.2) is 5.84 Å². The third kappa shape index (κ3) is 2.49. The van der Waals surface area contributed by atoms with Gasteiger partial charge in [0.25, 0.3) is 0 Å². The van der Waals surface area contributed by atoms with Crippen molar-refractivity contribution in [2.24, 2.45) is 16.8 Å². The van der Waals surface area contributed by atoms with E-state index in [1.165, 1.54) is 11.3 Å². The molecule has 1 aliphatic heterocycles. The number of hydrazone groups is 1. The first-order chi connectivity index (χ1) is 9.22. The highest BCUT2D eigenvalue weighted by Gasteiger charge is 2.23. The Morgan fingerprint density at radius 2 is 2.21 bits per heavy atom. The molecule has 0 aromatic carbocycles. The van der Waals surface area contributed by atoms with E-state index in [1.807, 2.05) is 6.92 Å². The van der Waals surface area contributed by atoms with Crippen LogP contribution in [0.4, 0.5) is 5.00 Å². The monoisotopic (exact) mass is 280 g/mol. The minimum absolute atomic E-state index is 0.388. The first kappa shape index (κ1) is 13.6. The minimum Gasteiger partial charge on any atom is -0.378 e. The lowest BCUT2D eigenvalue weighted by molar-refractivity contribution is 0.123. The van der Waals surface area contributed by atoms with Gasteiger partial charge < -0.3 is 20.9 Å². The summed E-state index contributed by atoms with van der Waals surface area (Å²) in [6.07, 6.45) is 0. The van der Waals surface area contributed by atoms with Crippen molar-refractivity contribution < 1.29 is 4.74 Å². The summed E-state index contributed by atoms with van der Waals surface area (Å²) in [5.41, 5.74) is 3.95. The molecule has 1 aliphatic rings. The normalized spacial score (nSPS) is 16.3. The van der Waals surface area contributed by atoms with E-state index in [2.05, 4.69) is 21.5 Å². The van der Waals surface area contributed by atoms with Gasteiger partial charge in [-0.05, 0) is 12.5 Å². The number of hydrogen-bond donors (Lipinski definition) is 3. The van der Waals surface area contributed by atoms with Gasteiger partial charge in [-0.3, -0.25) is 0 Å². The summed E-state index contributed by atoms with van der Waals surface area (Å²) in [5, 5.41) is 13.9. The van der Waals surface area contributed by atoms with Crippen LogP contribution in [0.15, 0.2) is 5.10 Å². The molecule has 1 aromatic heterocycles. The molecule has 7 nitrogen and oxygen atoms in total. The molecule has 8 heteroatoms. The highest BCUT2D eigenvalue weighted by atomic mass is 32.1. The largest absolute Gasteiger partial charge is 0.378 e. The van der Waals surface area contributed by atoms with Gasteiger partial charge >= 0.3 is 0 Å². The molecule has 0 atom stereocenters. The number of nitrogens with zero attached hydrogens (tertiary/aromatic N) is 3. The van der Waals surface area contributed by atoms with Crippen LogP contribution in [0, 0.1) is 18.3 Å². The van der Waals surface area contributed by atoms with Crippen LogP contribution >= 0.6 is 11.3 Å². The number of hydrogen-bond acceptors (Lipinski definition) is 7. The van der Waals surface area contributed by atoms with Crippen LogP contribution in [0.1, 0.15) is 16.0 Å². The topological polar surface area (TPSA) is 113 Å². The fourth-order valence-corrected chi connectivity index (χ4v) is 3.28. The SMILES string of the molecule is Cc1c(/C(=N/N)NN)sc(N2CCOCC2)c1C#N. The van der Waals surface area contributed by atoms with Crippen molar-refractivity contribution in [3.05, 3.63) is 16.0 Å². The second-order valence-electron chi connectivity index (χ2n) is 4.07. The van der Waals surface area contributed by atoms with E-state index in [4.69, 9.17) is 16.4 Å². The third-order valence-electron chi connectivity index (χ3n) is 3.02. The average Bonchev–Trinajstić information content (AvgIpc) is 2.78. The predicted molar refractivity (Wildman–Crippen MR) is 74.9 cm³/mol. The van der Waals surface area contributed by atoms with Gasteiger partial charge in [0.05, 0.1) is 23.7 Å². The zero-order chi connectivity index (χ0) is 13.8. The molecule has 0 saturated carbocycles. The van der Waals surface area contributed by atoms with Crippen LogP contribution in [0.5, 0.6) is 0 Å². The molecule has 102 valence electrons. The summed E-state index contributed by atoms with van der Waals surface area (Å²) >= 11 is 1.47. The molecule has 0 aliphatic carbocycles. The standard InChI is InChI=1S/C11H16N6OS/c1-7-8(6-12)11(17-2-4-18-5-3-17)19-9(7)10(15-13)16-14/h2-5,13-14H2,1H3,(H,15,16). The zero-order valence-corrected chi connectivity index (χ0v) is 11.5. The van der Waals surface area contributed by atoms with Crippen LogP contribution in [0.25, 0.3) is 0 Å². The van der Waals surface area contributed by atoms with Gasteiger partial charge in [-0.1, -0.05) is 0 Å². The van der Waals surface area contributed by atoms with E-state index in [0.29, 0.717) is 24.6 Å². The fraction of sp³-hybridized carbons (Fsp3) is 0.455. The van der Waals surface area contributed by atoms with Crippen molar-refractivity contribution in [1.82, 2.24) is 5.43 Å². The second-order valence-corrected chi connectivity index (χ2v) is 5.07. The number of thiophene rings is 1. The highest BCUT2D eigenvalue weighted by Crippen LogP contribution is 2.35. The van der Waals surface area contributed by atoms with Gasteiger partial charge in [0.15, 0.2) is 5.84 Å². The van der Waals surface area contributed by atoms with Crippen LogP contribution < -0.4 is 22.0 Å². The number of nitrogens with two attached hydrogens (primary N) is 2. The Morgan fingerprint density at radius 3 is 2.74 bits per heavy atom. The maximum Gasteiger partial charge on any atom is 0.177 e. The van der Waals surface area contributed by atoms with E-state index >= 15 is 0 Å². The Bertz CT molecular complexity index is 526. The van der Waals surface area contributed by atoms with Gasteiger partial charge in [0.1, 0.15) is 11.1 Å².